The van der Waals surface area contributed by atoms with Crippen LogP contribution in [0.2, 0.25) is 0 Å². The summed E-state index contributed by atoms with van der Waals surface area (Å²) in [6.45, 7) is 6.30. The van der Waals surface area contributed by atoms with Crippen LogP contribution in [-0.4, -0.2) is 16.5 Å². The summed E-state index contributed by atoms with van der Waals surface area (Å²) in [5.41, 5.74) is 7.89. The maximum absolute atomic E-state index is 4.46. The molecule has 0 radical (unpaired) electrons. The molecule has 1 aliphatic heterocycles. The highest BCUT2D eigenvalue weighted by atomic mass is 35.5. The van der Waals surface area contributed by atoms with E-state index in [1.807, 2.05) is 12.4 Å². The van der Waals surface area contributed by atoms with Crippen molar-refractivity contribution in [1.82, 2.24) is 9.97 Å². The summed E-state index contributed by atoms with van der Waals surface area (Å²) >= 11 is 0. The van der Waals surface area contributed by atoms with Crippen LogP contribution < -0.4 is 4.90 Å². The summed E-state index contributed by atoms with van der Waals surface area (Å²) in [5, 5.41) is 1.24. The summed E-state index contributed by atoms with van der Waals surface area (Å²) in [5.74, 6) is 0. The van der Waals surface area contributed by atoms with Gasteiger partial charge in [-0.15, -0.1) is 12.4 Å². The number of anilines is 1. The Labute approximate surface area is 136 Å². The van der Waals surface area contributed by atoms with E-state index in [4.69, 9.17) is 0 Å². The van der Waals surface area contributed by atoms with Gasteiger partial charge in [-0.2, -0.15) is 0 Å². The van der Waals surface area contributed by atoms with Crippen LogP contribution in [0.4, 0.5) is 5.69 Å². The second-order valence-electron chi connectivity index (χ2n) is 5.90. The summed E-state index contributed by atoms with van der Waals surface area (Å²) in [7, 11) is 0. The van der Waals surface area contributed by atoms with Crippen molar-refractivity contribution in [1.29, 1.82) is 0 Å². The van der Waals surface area contributed by atoms with Gasteiger partial charge in [0.1, 0.15) is 0 Å². The minimum atomic E-state index is 0. The van der Waals surface area contributed by atoms with Crippen molar-refractivity contribution in [3.05, 3.63) is 59.0 Å². The van der Waals surface area contributed by atoms with E-state index in [0.29, 0.717) is 0 Å². The molecule has 22 heavy (non-hydrogen) atoms. The van der Waals surface area contributed by atoms with Gasteiger partial charge >= 0.3 is 0 Å². The molecular formula is C18H20ClN3. The lowest BCUT2D eigenvalue weighted by Gasteiger charge is -2.30. The average Bonchev–Trinajstić information content (AvgIpc) is 2.82. The Hall–Kier alpha value is -2.00. The highest BCUT2D eigenvalue weighted by molar-refractivity contribution is 5.93. The molecule has 1 N–H and O–H groups in total. The largest absolute Gasteiger partial charge is 0.364 e. The monoisotopic (exact) mass is 313 g/mol. The third kappa shape index (κ3) is 2.26. The van der Waals surface area contributed by atoms with Gasteiger partial charge in [-0.05, 0) is 37.0 Å². The minimum Gasteiger partial charge on any atom is -0.364 e. The number of aryl methyl sites for hydroxylation is 2. The van der Waals surface area contributed by atoms with Gasteiger partial charge in [0.2, 0.25) is 0 Å². The highest BCUT2D eigenvalue weighted by Crippen LogP contribution is 2.31. The van der Waals surface area contributed by atoms with Crippen molar-refractivity contribution >= 4 is 29.0 Å². The standard InChI is InChI=1S/C18H19N3.ClH/c1-12-13(2)20-18-16(12)9-19-10-17(18)21-8-7-14-5-3-4-6-15(14)11-21;/h3-6,9-10,20H,7-8,11H2,1-2H3;1H. The fraction of sp³-hybridized carbons (Fsp3) is 0.278. The number of hydrogen-bond acceptors (Lipinski definition) is 2. The normalized spacial score (nSPS) is 13.8. The zero-order valence-corrected chi connectivity index (χ0v) is 13.7. The molecule has 3 aromatic rings. The predicted molar refractivity (Wildman–Crippen MR) is 94.0 cm³/mol. The number of benzene rings is 1. The van der Waals surface area contributed by atoms with Crippen molar-refractivity contribution in [2.75, 3.05) is 11.4 Å². The molecule has 4 heteroatoms. The Bertz CT molecular complexity index is 822. The molecule has 0 amide bonds. The van der Waals surface area contributed by atoms with Gasteiger partial charge in [-0.1, -0.05) is 24.3 Å². The molecule has 1 aromatic carbocycles. The molecule has 0 spiro atoms. The van der Waals surface area contributed by atoms with Gasteiger partial charge in [-0.25, -0.2) is 0 Å². The fourth-order valence-corrected chi connectivity index (χ4v) is 3.29. The van der Waals surface area contributed by atoms with Gasteiger partial charge in [0, 0.05) is 30.4 Å². The molecule has 0 unspecified atom stereocenters. The average molecular weight is 314 g/mol. The van der Waals surface area contributed by atoms with E-state index in [1.165, 1.54) is 39.0 Å². The predicted octanol–water partition coefficient (Wildman–Crippen LogP) is 4.16. The van der Waals surface area contributed by atoms with Gasteiger partial charge in [0.05, 0.1) is 17.4 Å². The molecule has 0 fully saturated rings. The number of rotatable bonds is 1. The quantitative estimate of drug-likeness (QED) is 0.731. The molecule has 0 bridgehead atoms. The van der Waals surface area contributed by atoms with Crippen LogP contribution in [0.5, 0.6) is 0 Å². The van der Waals surface area contributed by atoms with Crippen LogP contribution in [-0.2, 0) is 13.0 Å². The van der Waals surface area contributed by atoms with E-state index in [1.54, 1.807) is 0 Å². The van der Waals surface area contributed by atoms with E-state index >= 15 is 0 Å². The number of fused-ring (bicyclic) bond motifs is 2. The third-order valence-corrected chi connectivity index (χ3v) is 4.68. The molecular weight excluding hydrogens is 294 g/mol. The fourth-order valence-electron chi connectivity index (χ4n) is 3.29. The molecule has 0 saturated carbocycles. The smallest absolute Gasteiger partial charge is 0.0801 e. The number of nitrogens with one attached hydrogen (secondary N) is 1. The number of hydrogen-bond donors (Lipinski definition) is 1. The number of aromatic nitrogens is 2. The van der Waals surface area contributed by atoms with Gasteiger partial charge in [-0.3, -0.25) is 4.98 Å². The first kappa shape index (κ1) is 14.9. The lowest BCUT2D eigenvalue weighted by atomic mass is 9.99. The van der Waals surface area contributed by atoms with Crippen LogP contribution >= 0.6 is 12.4 Å². The molecule has 3 heterocycles. The minimum absolute atomic E-state index is 0. The molecule has 3 nitrogen and oxygen atoms in total. The second-order valence-corrected chi connectivity index (χ2v) is 5.90. The van der Waals surface area contributed by atoms with E-state index in [9.17, 15) is 0 Å². The number of halogens is 1. The van der Waals surface area contributed by atoms with Gasteiger partial charge in [0.15, 0.2) is 0 Å². The second kappa shape index (κ2) is 5.65. The van der Waals surface area contributed by atoms with Crippen molar-refractivity contribution in [3.8, 4) is 0 Å². The first-order valence-electron chi connectivity index (χ1n) is 7.48. The van der Waals surface area contributed by atoms with Crippen LogP contribution in [0.15, 0.2) is 36.7 Å². The topological polar surface area (TPSA) is 31.9 Å². The number of H-pyrrole nitrogens is 1. The van der Waals surface area contributed by atoms with Crippen molar-refractivity contribution < 1.29 is 0 Å². The number of aromatic amines is 1. The number of pyridine rings is 1. The van der Waals surface area contributed by atoms with E-state index in [0.717, 1.165) is 19.5 Å². The Morgan fingerprint density at radius 2 is 1.86 bits per heavy atom. The Kier molecular flexibility index (Phi) is 3.83. The van der Waals surface area contributed by atoms with Crippen molar-refractivity contribution in [2.24, 2.45) is 0 Å². The zero-order chi connectivity index (χ0) is 14.4. The van der Waals surface area contributed by atoms with E-state index in [-0.39, 0.29) is 12.4 Å². The molecule has 0 aliphatic carbocycles. The third-order valence-electron chi connectivity index (χ3n) is 4.68. The Balaban J connectivity index is 0.00000144. The molecule has 2 aromatic heterocycles. The molecule has 4 rings (SSSR count). The summed E-state index contributed by atoms with van der Waals surface area (Å²) in [6, 6.07) is 8.74. The first-order chi connectivity index (χ1) is 10.2. The van der Waals surface area contributed by atoms with Crippen molar-refractivity contribution in [3.63, 3.8) is 0 Å². The first-order valence-corrected chi connectivity index (χ1v) is 7.48. The SMILES string of the molecule is Cc1[nH]c2c(N3CCc4ccccc4C3)cncc2c1C.Cl. The lowest BCUT2D eigenvalue weighted by Crippen LogP contribution is -2.30. The van der Waals surface area contributed by atoms with Crippen LogP contribution in [0.3, 0.4) is 0 Å². The Morgan fingerprint density at radius 3 is 2.68 bits per heavy atom. The number of nitrogens with zero attached hydrogens (tertiary/aromatic N) is 2. The highest BCUT2D eigenvalue weighted by Gasteiger charge is 2.19. The van der Waals surface area contributed by atoms with E-state index < -0.39 is 0 Å². The summed E-state index contributed by atoms with van der Waals surface area (Å²) in [6.07, 6.45) is 5.06. The zero-order valence-electron chi connectivity index (χ0n) is 12.9. The lowest BCUT2D eigenvalue weighted by molar-refractivity contribution is 0.732. The van der Waals surface area contributed by atoms with Gasteiger partial charge < -0.3 is 9.88 Å². The maximum atomic E-state index is 4.46. The van der Waals surface area contributed by atoms with Crippen LogP contribution in [0, 0.1) is 13.8 Å². The van der Waals surface area contributed by atoms with Crippen molar-refractivity contribution in [2.45, 2.75) is 26.8 Å². The molecule has 114 valence electrons. The Morgan fingerprint density at radius 1 is 1.09 bits per heavy atom. The van der Waals surface area contributed by atoms with E-state index in [2.05, 4.69) is 53.0 Å². The van der Waals surface area contributed by atoms with Crippen LogP contribution in [0.1, 0.15) is 22.4 Å². The maximum Gasteiger partial charge on any atom is 0.0801 e. The van der Waals surface area contributed by atoms with Gasteiger partial charge in [0.25, 0.3) is 0 Å². The van der Waals surface area contributed by atoms with Crippen LogP contribution in [0.25, 0.3) is 10.9 Å². The molecule has 0 saturated heterocycles. The summed E-state index contributed by atoms with van der Waals surface area (Å²) < 4.78 is 0. The molecule has 1 aliphatic rings. The molecule has 0 atom stereocenters. The summed E-state index contributed by atoms with van der Waals surface area (Å²) in [4.78, 5) is 10.4.